The van der Waals surface area contributed by atoms with Gasteiger partial charge >= 0.3 is 0 Å². The fraction of sp³-hybridized carbons (Fsp3) is 1.00. The van der Waals surface area contributed by atoms with E-state index >= 15 is 0 Å². The average Bonchev–Trinajstić information content (AvgIpc) is 2.56. The van der Waals surface area contributed by atoms with Crippen molar-refractivity contribution in [3.63, 3.8) is 0 Å². The minimum absolute atomic E-state index is 0.778. The van der Waals surface area contributed by atoms with Crippen LogP contribution in [-0.4, -0.2) is 41.4 Å². The summed E-state index contributed by atoms with van der Waals surface area (Å²) < 4.78 is 0. The zero-order chi connectivity index (χ0) is 8.97. The van der Waals surface area contributed by atoms with Gasteiger partial charge in [-0.15, -0.1) is 0 Å². The molecule has 0 bridgehead atoms. The highest BCUT2D eigenvalue weighted by atomic mass is 79.9. The van der Waals surface area contributed by atoms with Crippen LogP contribution in [0.4, 0.5) is 0 Å². The van der Waals surface area contributed by atoms with Gasteiger partial charge in [-0.25, -0.2) is 0 Å². The van der Waals surface area contributed by atoms with Crippen LogP contribution in [0.5, 0.6) is 0 Å². The Morgan fingerprint density at radius 3 is 2.92 bits per heavy atom. The topological polar surface area (TPSA) is 3.24 Å². The Morgan fingerprint density at radius 1 is 1.67 bits per heavy atom. The van der Waals surface area contributed by atoms with Gasteiger partial charge in [0, 0.05) is 23.7 Å². The lowest BCUT2D eigenvalue weighted by Gasteiger charge is -2.25. The van der Waals surface area contributed by atoms with E-state index in [4.69, 9.17) is 0 Å². The predicted octanol–water partition coefficient (Wildman–Crippen LogP) is 2.45. The van der Waals surface area contributed by atoms with Gasteiger partial charge in [0.05, 0.1) is 0 Å². The minimum Gasteiger partial charge on any atom is -0.302 e. The van der Waals surface area contributed by atoms with Crippen molar-refractivity contribution in [3.05, 3.63) is 0 Å². The first kappa shape index (κ1) is 10.9. The zero-order valence-electron chi connectivity index (χ0n) is 7.92. The molecule has 1 aliphatic heterocycles. The van der Waals surface area contributed by atoms with Crippen molar-refractivity contribution in [1.29, 1.82) is 0 Å². The van der Waals surface area contributed by atoms with Crippen LogP contribution in [0.15, 0.2) is 0 Å². The van der Waals surface area contributed by atoms with Crippen molar-refractivity contribution in [2.24, 2.45) is 5.92 Å². The minimum atomic E-state index is 0.778. The summed E-state index contributed by atoms with van der Waals surface area (Å²) in [6, 6.07) is 0.844. The SMILES string of the molecule is CC(CBr)CN(C)C1CCSC1. The Labute approximate surface area is 88.4 Å². The number of thioether (sulfide) groups is 1. The van der Waals surface area contributed by atoms with E-state index in [0.29, 0.717) is 0 Å². The molecule has 0 N–H and O–H groups in total. The van der Waals surface area contributed by atoms with E-state index in [0.717, 1.165) is 17.3 Å². The Kier molecular flexibility index (Phi) is 4.99. The Hall–Kier alpha value is 0.790. The second-order valence-corrected chi connectivity index (χ2v) is 5.51. The van der Waals surface area contributed by atoms with E-state index in [2.05, 4.69) is 46.6 Å². The molecule has 0 saturated carbocycles. The molecule has 0 aromatic heterocycles. The van der Waals surface area contributed by atoms with Crippen LogP contribution in [0.1, 0.15) is 13.3 Å². The Bertz CT molecular complexity index is 126. The van der Waals surface area contributed by atoms with E-state index in [9.17, 15) is 0 Å². The first-order valence-electron chi connectivity index (χ1n) is 4.58. The third kappa shape index (κ3) is 3.27. The van der Waals surface area contributed by atoms with Crippen LogP contribution in [0.25, 0.3) is 0 Å². The fourth-order valence-corrected chi connectivity index (χ4v) is 3.06. The van der Waals surface area contributed by atoms with E-state index in [1.807, 2.05) is 0 Å². The maximum absolute atomic E-state index is 3.52. The quantitative estimate of drug-likeness (QED) is 0.707. The summed E-state index contributed by atoms with van der Waals surface area (Å²) in [5.74, 6) is 3.48. The molecular formula is C9H18BrNS. The van der Waals surface area contributed by atoms with Crippen molar-refractivity contribution >= 4 is 27.7 Å². The summed E-state index contributed by atoms with van der Waals surface area (Å²) in [7, 11) is 2.26. The van der Waals surface area contributed by atoms with E-state index in [1.54, 1.807) is 0 Å². The maximum Gasteiger partial charge on any atom is 0.0191 e. The highest BCUT2D eigenvalue weighted by Crippen LogP contribution is 2.21. The van der Waals surface area contributed by atoms with Gasteiger partial charge in [-0.1, -0.05) is 22.9 Å². The fourth-order valence-electron chi connectivity index (χ4n) is 1.56. The Morgan fingerprint density at radius 2 is 2.42 bits per heavy atom. The van der Waals surface area contributed by atoms with Crippen LogP contribution >= 0.6 is 27.7 Å². The van der Waals surface area contributed by atoms with Crippen molar-refractivity contribution in [2.45, 2.75) is 19.4 Å². The molecule has 1 heterocycles. The van der Waals surface area contributed by atoms with Gasteiger partial charge in [0.1, 0.15) is 0 Å². The van der Waals surface area contributed by atoms with Crippen LogP contribution < -0.4 is 0 Å². The number of halogens is 1. The molecule has 0 aromatic rings. The molecule has 3 heteroatoms. The standard InChI is InChI=1S/C9H18BrNS/c1-8(5-10)6-11(2)9-3-4-12-7-9/h8-9H,3-7H2,1-2H3. The third-order valence-corrected chi connectivity index (χ3v) is 4.64. The molecule has 0 aliphatic carbocycles. The van der Waals surface area contributed by atoms with Crippen LogP contribution in [0.3, 0.4) is 0 Å². The van der Waals surface area contributed by atoms with Crippen molar-refractivity contribution in [1.82, 2.24) is 4.90 Å². The van der Waals surface area contributed by atoms with Gasteiger partial charge in [0.15, 0.2) is 0 Å². The molecule has 1 fully saturated rings. The number of alkyl halides is 1. The van der Waals surface area contributed by atoms with E-state index < -0.39 is 0 Å². The summed E-state index contributed by atoms with van der Waals surface area (Å²) in [5, 5.41) is 1.12. The third-order valence-electron chi connectivity index (χ3n) is 2.39. The van der Waals surface area contributed by atoms with Crippen LogP contribution in [0.2, 0.25) is 0 Å². The number of rotatable bonds is 4. The molecule has 1 rings (SSSR count). The van der Waals surface area contributed by atoms with E-state index in [-0.39, 0.29) is 0 Å². The molecule has 1 saturated heterocycles. The molecule has 0 amide bonds. The molecule has 0 aromatic carbocycles. The number of hydrogen-bond acceptors (Lipinski definition) is 2. The van der Waals surface area contributed by atoms with Gasteiger partial charge in [-0.3, -0.25) is 0 Å². The molecule has 0 spiro atoms. The summed E-state index contributed by atoms with van der Waals surface area (Å²) in [6.45, 7) is 3.53. The number of hydrogen-bond donors (Lipinski definition) is 0. The van der Waals surface area contributed by atoms with Gasteiger partial charge in [0.2, 0.25) is 0 Å². The summed E-state index contributed by atoms with van der Waals surface area (Å²) in [6.07, 6.45) is 1.39. The lowest BCUT2D eigenvalue weighted by Crippen LogP contribution is -2.35. The lowest BCUT2D eigenvalue weighted by atomic mass is 10.1. The maximum atomic E-state index is 3.52. The monoisotopic (exact) mass is 251 g/mol. The molecule has 1 nitrogen and oxygen atoms in total. The summed E-state index contributed by atoms with van der Waals surface area (Å²) in [4.78, 5) is 2.52. The normalized spacial score (nSPS) is 26.5. The zero-order valence-corrected chi connectivity index (χ0v) is 10.3. The van der Waals surface area contributed by atoms with Crippen LogP contribution in [-0.2, 0) is 0 Å². The molecular weight excluding hydrogens is 234 g/mol. The van der Waals surface area contributed by atoms with Crippen molar-refractivity contribution < 1.29 is 0 Å². The second kappa shape index (κ2) is 5.51. The summed E-state index contributed by atoms with van der Waals surface area (Å²) in [5.41, 5.74) is 0. The molecule has 2 atom stereocenters. The van der Waals surface area contributed by atoms with Gasteiger partial charge < -0.3 is 4.90 Å². The molecule has 72 valence electrons. The number of nitrogens with zero attached hydrogens (tertiary/aromatic N) is 1. The molecule has 2 unspecified atom stereocenters. The largest absolute Gasteiger partial charge is 0.302 e. The predicted molar refractivity (Wildman–Crippen MR) is 61.3 cm³/mol. The van der Waals surface area contributed by atoms with Crippen molar-refractivity contribution in [2.75, 3.05) is 30.4 Å². The first-order valence-corrected chi connectivity index (χ1v) is 6.85. The molecule has 12 heavy (non-hydrogen) atoms. The Balaban J connectivity index is 2.21. The van der Waals surface area contributed by atoms with Crippen LogP contribution in [0, 0.1) is 5.92 Å². The lowest BCUT2D eigenvalue weighted by molar-refractivity contribution is 0.237. The smallest absolute Gasteiger partial charge is 0.0191 e. The van der Waals surface area contributed by atoms with Gasteiger partial charge in [-0.2, -0.15) is 11.8 Å². The second-order valence-electron chi connectivity index (χ2n) is 3.72. The van der Waals surface area contributed by atoms with E-state index in [1.165, 1.54) is 24.5 Å². The van der Waals surface area contributed by atoms with Gasteiger partial charge in [0.25, 0.3) is 0 Å². The highest BCUT2D eigenvalue weighted by Gasteiger charge is 2.20. The highest BCUT2D eigenvalue weighted by molar-refractivity contribution is 9.09. The average molecular weight is 252 g/mol. The van der Waals surface area contributed by atoms with Crippen molar-refractivity contribution in [3.8, 4) is 0 Å². The molecule has 0 radical (unpaired) electrons. The molecule has 1 aliphatic rings. The summed E-state index contributed by atoms with van der Waals surface area (Å²) >= 11 is 5.61. The van der Waals surface area contributed by atoms with Gasteiger partial charge in [-0.05, 0) is 25.1 Å². The first-order chi connectivity index (χ1) is 5.74.